The van der Waals surface area contributed by atoms with Crippen molar-refractivity contribution >= 4 is 62.1 Å². The molecule has 2 aromatic carbocycles. The van der Waals surface area contributed by atoms with E-state index in [1.165, 1.54) is 11.3 Å². The van der Waals surface area contributed by atoms with Crippen molar-refractivity contribution in [2.45, 2.75) is 0 Å². The maximum absolute atomic E-state index is 9.62. The first-order chi connectivity index (χ1) is 14.0. The van der Waals surface area contributed by atoms with Crippen LogP contribution in [0.25, 0.3) is 34.2 Å². The second kappa shape index (κ2) is 8.56. The molecule has 0 N–H and O–H groups in total. The molecule has 4 rings (SSSR count). The van der Waals surface area contributed by atoms with Crippen molar-refractivity contribution in [1.82, 2.24) is 4.98 Å². The number of nitriles is 1. The first-order valence-corrected chi connectivity index (χ1v) is 10.9. The van der Waals surface area contributed by atoms with Crippen LogP contribution in [0, 0.1) is 11.3 Å². The van der Waals surface area contributed by atoms with Crippen molar-refractivity contribution in [2.24, 2.45) is 0 Å². The highest BCUT2D eigenvalue weighted by Crippen LogP contribution is 2.32. The van der Waals surface area contributed by atoms with Gasteiger partial charge in [-0.05, 0) is 42.5 Å². The van der Waals surface area contributed by atoms with Crippen molar-refractivity contribution in [3.8, 4) is 28.7 Å². The smallest absolute Gasteiger partial charge is 0.134 e. The fourth-order valence-corrected chi connectivity index (χ4v) is 4.03. The number of furan rings is 1. The minimum Gasteiger partial charge on any atom is -0.457 e. The average Bonchev–Trinajstić information content (AvgIpc) is 3.39. The summed E-state index contributed by atoms with van der Waals surface area (Å²) in [6.07, 6.45) is 1.69. The Kier molecular flexibility index (Phi) is 5.89. The van der Waals surface area contributed by atoms with Gasteiger partial charge in [0, 0.05) is 27.1 Å². The summed E-state index contributed by atoms with van der Waals surface area (Å²) in [5.74, 6) is 1.20. The van der Waals surface area contributed by atoms with Crippen LogP contribution in [0.15, 0.2) is 68.9 Å². The number of hydrogen-bond acceptors (Lipinski definition) is 4. The van der Waals surface area contributed by atoms with Gasteiger partial charge in [0.2, 0.25) is 0 Å². The summed E-state index contributed by atoms with van der Waals surface area (Å²) in [7, 11) is 0. The molecule has 0 amide bonds. The molecule has 7 heteroatoms. The predicted octanol–water partition coefficient (Wildman–Crippen LogP) is 8.20. The van der Waals surface area contributed by atoms with Gasteiger partial charge in [0.15, 0.2) is 0 Å². The molecule has 0 fully saturated rings. The maximum Gasteiger partial charge on any atom is 0.134 e. The second-order valence-electron chi connectivity index (χ2n) is 6.05. The Balaban J connectivity index is 1.62. The molecule has 0 saturated heterocycles. The van der Waals surface area contributed by atoms with Gasteiger partial charge in [0.25, 0.3) is 0 Å². The van der Waals surface area contributed by atoms with E-state index in [9.17, 15) is 5.26 Å². The molecule has 3 nitrogen and oxygen atoms in total. The number of benzene rings is 2. The van der Waals surface area contributed by atoms with Crippen LogP contribution >= 0.6 is 50.5 Å². The lowest BCUT2D eigenvalue weighted by atomic mass is 10.2. The molecule has 2 aromatic heterocycles. The average molecular weight is 502 g/mol. The zero-order valence-corrected chi connectivity index (χ0v) is 18.6. The molecule has 0 aliphatic heterocycles. The molecule has 0 saturated carbocycles. The molecule has 0 aliphatic rings. The van der Waals surface area contributed by atoms with E-state index >= 15 is 0 Å². The summed E-state index contributed by atoms with van der Waals surface area (Å²) in [6, 6.07) is 19.0. The van der Waals surface area contributed by atoms with Gasteiger partial charge in [-0.25, -0.2) is 4.98 Å². The minimum absolute atomic E-state index is 0.438. The van der Waals surface area contributed by atoms with E-state index in [0.29, 0.717) is 32.1 Å². The van der Waals surface area contributed by atoms with Crippen LogP contribution in [0.1, 0.15) is 10.8 Å². The van der Waals surface area contributed by atoms with Crippen LogP contribution in [0.4, 0.5) is 0 Å². The van der Waals surface area contributed by atoms with Gasteiger partial charge in [-0.15, -0.1) is 11.3 Å². The van der Waals surface area contributed by atoms with Crippen molar-refractivity contribution in [3.63, 3.8) is 0 Å². The van der Waals surface area contributed by atoms with Crippen LogP contribution in [-0.2, 0) is 0 Å². The number of allylic oxidation sites excluding steroid dienone is 1. The van der Waals surface area contributed by atoms with Gasteiger partial charge in [0.1, 0.15) is 22.6 Å². The van der Waals surface area contributed by atoms with E-state index in [2.05, 4.69) is 27.0 Å². The highest BCUT2D eigenvalue weighted by molar-refractivity contribution is 9.10. The topological polar surface area (TPSA) is 49.8 Å². The van der Waals surface area contributed by atoms with Gasteiger partial charge in [0.05, 0.1) is 21.3 Å². The number of thiazole rings is 1. The Morgan fingerprint density at radius 2 is 1.79 bits per heavy atom. The number of nitrogens with zero attached hydrogens (tertiary/aromatic N) is 2. The second-order valence-corrected chi connectivity index (χ2v) is 8.63. The Morgan fingerprint density at radius 1 is 1.03 bits per heavy atom. The van der Waals surface area contributed by atoms with Crippen LogP contribution in [0.3, 0.4) is 0 Å². The van der Waals surface area contributed by atoms with E-state index in [4.69, 9.17) is 27.6 Å². The molecule has 29 heavy (non-hydrogen) atoms. The lowest BCUT2D eigenvalue weighted by Gasteiger charge is -1.99. The van der Waals surface area contributed by atoms with Gasteiger partial charge >= 0.3 is 0 Å². The largest absolute Gasteiger partial charge is 0.457 e. The summed E-state index contributed by atoms with van der Waals surface area (Å²) in [5, 5.41) is 13.1. The Bertz CT molecular complexity index is 1250. The fourth-order valence-electron chi connectivity index (χ4n) is 2.67. The van der Waals surface area contributed by atoms with Crippen molar-refractivity contribution < 1.29 is 4.42 Å². The third kappa shape index (κ3) is 4.47. The molecule has 2 heterocycles. The van der Waals surface area contributed by atoms with Crippen LogP contribution in [-0.4, -0.2) is 4.98 Å². The number of halogens is 3. The third-order valence-corrected chi connectivity index (χ3v) is 6.26. The van der Waals surface area contributed by atoms with Crippen LogP contribution < -0.4 is 0 Å². The SMILES string of the molecule is N#C/C(=C\c1ccc(-c2ccc(Cl)c(Cl)c2)o1)c1nc(-c2ccc(Br)cc2)cs1. The molecule has 0 aliphatic carbocycles. The monoisotopic (exact) mass is 500 g/mol. The standard InChI is InChI=1S/C22H11BrCl2N2OS/c23-16-4-1-13(2-5-16)20-12-29-22(27-20)15(11-26)9-17-6-8-21(28-17)14-3-7-18(24)19(25)10-14/h1-10,12H/b15-9+. The van der Waals surface area contributed by atoms with Gasteiger partial charge in [-0.3, -0.25) is 0 Å². The van der Waals surface area contributed by atoms with Gasteiger partial charge < -0.3 is 4.42 Å². The van der Waals surface area contributed by atoms with E-state index in [1.807, 2.05) is 41.8 Å². The summed E-state index contributed by atoms with van der Waals surface area (Å²) < 4.78 is 6.87. The molecule has 0 unspecified atom stereocenters. The normalized spacial score (nSPS) is 11.4. The summed E-state index contributed by atoms with van der Waals surface area (Å²) >= 11 is 16.9. The molecular weight excluding hydrogens is 491 g/mol. The highest BCUT2D eigenvalue weighted by Gasteiger charge is 2.11. The molecule has 0 radical (unpaired) electrons. The molecule has 0 atom stereocenters. The Morgan fingerprint density at radius 3 is 2.52 bits per heavy atom. The first kappa shape index (κ1) is 19.9. The Labute approximate surface area is 190 Å². The zero-order valence-electron chi connectivity index (χ0n) is 14.7. The van der Waals surface area contributed by atoms with Gasteiger partial charge in [-0.1, -0.05) is 51.3 Å². The maximum atomic E-state index is 9.62. The van der Waals surface area contributed by atoms with Gasteiger partial charge in [-0.2, -0.15) is 5.26 Å². The number of rotatable bonds is 4. The zero-order chi connectivity index (χ0) is 20.4. The number of aromatic nitrogens is 1. The summed E-state index contributed by atoms with van der Waals surface area (Å²) in [5.41, 5.74) is 3.07. The van der Waals surface area contributed by atoms with Crippen molar-refractivity contribution in [3.05, 3.63) is 85.3 Å². The van der Waals surface area contributed by atoms with Crippen LogP contribution in [0.5, 0.6) is 0 Å². The summed E-state index contributed by atoms with van der Waals surface area (Å²) in [6.45, 7) is 0. The fraction of sp³-hybridized carbons (Fsp3) is 0. The molecule has 0 spiro atoms. The van der Waals surface area contributed by atoms with E-state index < -0.39 is 0 Å². The minimum atomic E-state index is 0.438. The highest BCUT2D eigenvalue weighted by atomic mass is 79.9. The summed E-state index contributed by atoms with van der Waals surface area (Å²) in [4.78, 5) is 4.60. The first-order valence-electron chi connectivity index (χ1n) is 8.42. The van der Waals surface area contributed by atoms with Crippen molar-refractivity contribution in [1.29, 1.82) is 5.26 Å². The molecule has 0 bridgehead atoms. The van der Waals surface area contributed by atoms with E-state index in [1.54, 1.807) is 24.3 Å². The lowest BCUT2D eigenvalue weighted by molar-refractivity contribution is 0.572. The van der Waals surface area contributed by atoms with Crippen molar-refractivity contribution in [2.75, 3.05) is 0 Å². The molecule has 4 aromatic rings. The molecule has 142 valence electrons. The van der Waals surface area contributed by atoms with Crippen LogP contribution in [0.2, 0.25) is 10.0 Å². The Hall–Kier alpha value is -2.36. The number of hydrogen-bond donors (Lipinski definition) is 0. The molecular formula is C22H11BrCl2N2OS. The lowest BCUT2D eigenvalue weighted by Crippen LogP contribution is -1.82. The quantitative estimate of drug-likeness (QED) is 0.265. The third-order valence-electron chi connectivity index (χ3n) is 4.11. The van der Waals surface area contributed by atoms with E-state index in [0.717, 1.165) is 21.3 Å². The van der Waals surface area contributed by atoms with E-state index in [-0.39, 0.29) is 0 Å². The predicted molar refractivity (Wildman–Crippen MR) is 123 cm³/mol.